The number of hydrogen-bond donors (Lipinski definition) is 0. The maximum Gasteiger partial charge on any atom is 0.200 e. The van der Waals surface area contributed by atoms with E-state index in [2.05, 4.69) is 4.99 Å². The second kappa shape index (κ2) is 4.97. The molecule has 0 amide bonds. The van der Waals surface area contributed by atoms with Crippen LogP contribution in [-0.2, 0) is 9.59 Å². The molecule has 0 N–H and O–H groups in total. The van der Waals surface area contributed by atoms with Gasteiger partial charge in [0, 0.05) is 17.9 Å². The van der Waals surface area contributed by atoms with Gasteiger partial charge in [0.05, 0.1) is 11.1 Å². The van der Waals surface area contributed by atoms with Crippen molar-refractivity contribution in [2.75, 3.05) is 5.75 Å². The molecule has 0 spiro atoms. The molecule has 0 fully saturated rings. The van der Waals surface area contributed by atoms with Crippen LogP contribution in [0.15, 0.2) is 28.4 Å². The molecule has 5 heteroatoms. The maximum absolute atomic E-state index is 11.9. The number of allylic oxidation sites excluding steroid dienone is 1. The third-order valence-electron chi connectivity index (χ3n) is 2.33. The Bertz CT molecular complexity index is 435. The summed E-state index contributed by atoms with van der Waals surface area (Å²) in [7, 11) is 0. The summed E-state index contributed by atoms with van der Waals surface area (Å²) >= 11 is 1.53. The highest BCUT2D eigenvalue weighted by atomic mass is 35.5. The predicted molar refractivity (Wildman–Crippen MR) is 68.2 cm³/mol. The van der Waals surface area contributed by atoms with Crippen molar-refractivity contribution in [1.82, 2.24) is 0 Å². The monoisotopic (exact) mass is 257 g/mol. The maximum atomic E-state index is 11.9. The van der Waals surface area contributed by atoms with E-state index < -0.39 is 0 Å². The van der Waals surface area contributed by atoms with E-state index in [4.69, 9.17) is 0 Å². The average molecular weight is 258 g/mol. The highest BCUT2D eigenvalue weighted by Crippen LogP contribution is 2.28. The summed E-state index contributed by atoms with van der Waals surface area (Å²) in [4.78, 5) is 27.7. The van der Waals surface area contributed by atoms with E-state index in [0.717, 1.165) is 10.8 Å². The Morgan fingerprint density at radius 1 is 1.50 bits per heavy atom. The van der Waals surface area contributed by atoms with E-state index in [-0.39, 0.29) is 35.5 Å². The highest BCUT2D eigenvalue weighted by Gasteiger charge is 2.31. The fraction of sp³-hybridized carbons (Fsp3) is 0.364. The number of carbonyl (C=O) groups excluding carboxylic acids is 2. The van der Waals surface area contributed by atoms with Crippen LogP contribution in [0.2, 0.25) is 0 Å². The number of halogens is 1. The molecule has 0 saturated heterocycles. The molecule has 2 aliphatic rings. The van der Waals surface area contributed by atoms with Crippen LogP contribution in [0.3, 0.4) is 0 Å². The standard InChI is InChI=1S/C11H11NO2S.ClH/c1-6(2)9(13)8-5-12-11-7(10(8)14)3-4-15-11;/h3,5-6H,4H2,1-2H3;1H. The third kappa shape index (κ3) is 2.13. The van der Waals surface area contributed by atoms with Gasteiger partial charge in [0.25, 0.3) is 0 Å². The minimum atomic E-state index is -0.163. The first-order chi connectivity index (χ1) is 7.11. The molecular formula is C11H12ClNO2S. The lowest BCUT2D eigenvalue weighted by Gasteiger charge is -2.12. The zero-order valence-corrected chi connectivity index (χ0v) is 10.7. The van der Waals surface area contributed by atoms with Gasteiger partial charge in [-0.3, -0.25) is 9.59 Å². The molecule has 0 atom stereocenters. The van der Waals surface area contributed by atoms with Crippen LogP contribution in [0.4, 0.5) is 0 Å². The van der Waals surface area contributed by atoms with Gasteiger partial charge >= 0.3 is 0 Å². The molecule has 0 bridgehead atoms. The van der Waals surface area contributed by atoms with Crippen LogP contribution >= 0.6 is 24.2 Å². The first-order valence-corrected chi connectivity index (χ1v) is 5.80. The van der Waals surface area contributed by atoms with E-state index in [1.807, 2.05) is 6.08 Å². The fourth-order valence-electron chi connectivity index (χ4n) is 1.48. The van der Waals surface area contributed by atoms with Crippen molar-refractivity contribution in [2.24, 2.45) is 10.9 Å². The summed E-state index contributed by atoms with van der Waals surface area (Å²) in [5.41, 5.74) is 0.828. The Balaban J connectivity index is 0.00000128. The molecule has 0 aromatic carbocycles. The molecule has 0 aliphatic carbocycles. The molecule has 2 rings (SSSR count). The van der Waals surface area contributed by atoms with Crippen LogP contribution < -0.4 is 0 Å². The van der Waals surface area contributed by atoms with E-state index in [0.29, 0.717) is 5.57 Å². The van der Waals surface area contributed by atoms with Crippen molar-refractivity contribution >= 4 is 40.8 Å². The third-order valence-corrected chi connectivity index (χ3v) is 3.26. The first kappa shape index (κ1) is 13.2. The van der Waals surface area contributed by atoms with Gasteiger partial charge in [-0.1, -0.05) is 19.9 Å². The van der Waals surface area contributed by atoms with Crippen molar-refractivity contribution in [2.45, 2.75) is 13.8 Å². The molecule has 2 aliphatic heterocycles. The number of rotatable bonds is 2. The molecule has 0 saturated carbocycles. The van der Waals surface area contributed by atoms with Crippen LogP contribution in [0, 0.1) is 5.92 Å². The largest absolute Gasteiger partial charge is 0.294 e. The van der Waals surface area contributed by atoms with E-state index in [9.17, 15) is 9.59 Å². The SMILES string of the molecule is CC(C)C(=O)C1=CN=C2SCC=C2C1=O.Cl. The number of thioether (sulfide) groups is 1. The van der Waals surface area contributed by atoms with Gasteiger partial charge < -0.3 is 0 Å². The van der Waals surface area contributed by atoms with Gasteiger partial charge in [-0.15, -0.1) is 24.2 Å². The van der Waals surface area contributed by atoms with E-state index in [1.54, 1.807) is 13.8 Å². The smallest absolute Gasteiger partial charge is 0.200 e. The molecule has 0 aromatic rings. The van der Waals surface area contributed by atoms with E-state index >= 15 is 0 Å². The number of hydrogen-bond acceptors (Lipinski definition) is 4. The molecule has 3 nitrogen and oxygen atoms in total. The van der Waals surface area contributed by atoms with Crippen molar-refractivity contribution in [3.63, 3.8) is 0 Å². The zero-order chi connectivity index (χ0) is 11.0. The van der Waals surface area contributed by atoms with Crippen molar-refractivity contribution in [3.05, 3.63) is 23.4 Å². The number of Topliss-reactive ketones (excluding diaryl/α,β-unsaturated/α-hetero) is 2. The number of nitrogens with zero attached hydrogens (tertiary/aromatic N) is 1. The van der Waals surface area contributed by atoms with E-state index in [1.165, 1.54) is 18.0 Å². The summed E-state index contributed by atoms with van der Waals surface area (Å²) < 4.78 is 0. The van der Waals surface area contributed by atoms with Gasteiger partial charge in [0.1, 0.15) is 5.04 Å². The quantitative estimate of drug-likeness (QED) is 0.713. The second-order valence-electron chi connectivity index (χ2n) is 3.75. The summed E-state index contributed by atoms with van der Waals surface area (Å²) in [6.45, 7) is 3.57. The lowest BCUT2D eigenvalue weighted by Crippen LogP contribution is -2.23. The second-order valence-corrected chi connectivity index (χ2v) is 4.76. The topological polar surface area (TPSA) is 46.5 Å². The van der Waals surface area contributed by atoms with Crippen LogP contribution in [0.25, 0.3) is 0 Å². The Hall–Kier alpha value is -0.870. The normalized spacial score (nSPS) is 18.4. The molecular weight excluding hydrogens is 246 g/mol. The lowest BCUT2D eigenvalue weighted by atomic mass is 9.94. The van der Waals surface area contributed by atoms with Gasteiger partial charge in [0.15, 0.2) is 5.78 Å². The molecule has 0 aromatic heterocycles. The first-order valence-electron chi connectivity index (χ1n) is 4.81. The number of ketones is 2. The minimum absolute atomic E-state index is 0. The summed E-state index contributed by atoms with van der Waals surface area (Å²) in [6.07, 6.45) is 3.25. The predicted octanol–water partition coefficient (Wildman–Crippen LogP) is 2.17. The Kier molecular flexibility index (Phi) is 4.10. The Labute approximate surface area is 104 Å². The number of fused-ring (bicyclic) bond motifs is 1. The average Bonchev–Trinajstić information content (AvgIpc) is 2.66. The van der Waals surface area contributed by atoms with Gasteiger partial charge in [-0.05, 0) is 0 Å². The Morgan fingerprint density at radius 2 is 2.19 bits per heavy atom. The summed E-state index contributed by atoms with van der Waals surface area (Å²) in [5, 5.41) is 0.750. The molecule has 86 valence electrons. The van der Waals surface area contributed by atoms with Gasteiger partial charge in [0.2, 0.25) is 5.78 Å². The fourth-order valence-corrected chi connectivity index (χ4v) is 2.35. The van der Waals surface area contributed by atoms with Crippen molar-refractivity contribution < 1.29 is 9.59 Å². The number of carbonyl (C=O) groups is 2. The van der Waals surface area contributed by atoms with Gasteiger partial charge in [-0.2, -0.15) is 0 Å². The summed E-state index contributed by atoms with van der Waals surface area (Å²) in [6, 6.07) is 0. The number of aliphatic imine (C=N–C) groups is 1. The molecule has 16 heavy (non-hydrogen) atoms. The molecule has 2 heterocycles. The van der Waals surface area contributed by atoms with Crippen molar-refractivity contribution in [3.8, 4) is 0 Å². The van der Waals surface area contributed by atoms with Crippen LogP contribution in [0.5, 0.6) is 0 Å². The van der Waals surface area contributed by atoms with Crippen LogP contribution in [0.1, 0.15) is 13.8 Å². The summed E-state index contributed by atoms with van der Waals surface area (Å²) in [5.74, 6) is 0.326. The Morgan fingerprint density at radius 3 is 2.81 bits per heavy atom. The zero-order valence-electron chi connectivity index (χ0n) is 9.02. The highest BCUT2D eigenvalue weighted by molar-refractivity contribution is 8.15. The van der Waals surface area contributed by atoms with Crippen LogP contribution in [-0.4, -0.2) is 22.4 Å². The lowest BCUT2D eigenvalue weighted by molar-refractivity contribution is -0.121. The molecule has 0 radical (unpaired) electrons. The minimum Gasteiger partial charge on any atom is -0.294 e. The molecule has 0 unspecified atom stereocenters. The van der Waals surface area contributed by atoms with Crippen molar-refractivity contribution in [1.29, 1.82) is 0 Å². The van der Waals surface area contributed by atoms with Gasteiger partial charge in [-0.25, -0.2) is 4.99 Å².